The third kappa shape index (κ3) is 9.85. The van der Waals surface area contributed by atoms with Crippen LogP contribution in [0.2, 0.25) is 0 Å². The smallest absolute Gasteiger partial charge is 0.0702 e. The van der Waals surface area contributed by atoms with Gasteiger partial charge in [0.05, 0.1) is 10.8 Å². The maximum Gasteiger partial charge on any atom is 0.0702 e. The average Bonchev–Trinajstić information content (AvgIpc) is 2.10. The molecule has 0 unspecified atom stereocenters. The standard InChI is InChI=1S/C11H15I/c1-2-3-4-5-6-7-8-9-10-11-12/h2-5,8,11H2,1H3. The van der Waals surface area contributed by atoms with Gasteiger partial charge in [0.1, 0.15) is 0 Å². The summed E-state index contributed by atoms with van der Waals surface area (Å²) in [5.41, 5.74) is 0. The third-order valence-electron chi connectivity index (χ3n) is 1.40. The van der Waals surface area contributed by atoms with E-state index in [9.17, 15) is 0 Å². The second-order valence-corrected chi connectivity index (χ2v) is 3.24. The lowest BCUT2D eigenvalue weighted by molar-refractivity contribution is 0.737. The van der Waals surface area contributed by atoms with Crippen LogP contribution in [0.5, 0.6) is 0 Å². The Labute approximate surface area is 89.6 Å². The van der Waals surface area contributed by atoms with Crippen LogP contribution in [-0.4, -0.2) is 4.43 Å². The zero-order valence-electron chi connectivity index (χ0n) is 7.62. The van der Waals surface area contributed by atoms with Gasteiger partial charge in [-0.15, -0.1) is 5.92 Å². The molecule has 0 nitrogen and oxygen atoms in total. The summed E-state index contributed by atoms with van der Waals surface area (Å²) in [6, 6.07) is 0. The van der Waals surface area contributed by atoms with Crippen LogP contribution in [0.25, 0.3) is 0 Å². The van der Waals surface area contributed by atoms with Gasteiger partial charge in [-0.25, -0.2) is 0 Å². The minimum absolute atomic E-state index is 0.745. The lowest BCUT2D eigenvalue weighted by atomic mass is 10.2. The molecule has 0 spiro atoms. The third-order valence-corrected chi connectivity index (χ3v) is 1.78. The number of halogens is 1. The SMILES string of the molecule is CCCCCC#CCC#CCI. The lowest BCUT2D eigenvalue weighted by Crippen LogP contribution is -1.71. The summed E-state index contributed by atoms with van der Waals surface area (Å²) in [5, 5.41) is 0. The Morgan fingerprint density at radius 2 is 1.75 bits per heavy atom. The monoisotopic (exact) mass is 274 g/mol. The minimum atomic E-state index is 0.745. The van der Waals surface area contributed by atoms with Gasteiger partial charge < -0.3 is 0 Å². The van der Waals surface area contributed by atoms with Gasteiger partial charge in [-0.05, 0) is 6.42 Å². The van der Waals surface area contributed by atoms with E-state index in [0.717, 1.165) is 17.3 Å². The van der Waals surface area contributed by atoms with Gasteiger partial charge >= 0.3 is 0 Å². The largest absolute Gasteiger partial charge is 0.102 e. The van der Waals surface area contributed by atoms with Crippen molar-refractivity contribution in [2.45, 2.75) is 39.0 Å². The van der Waals surface area contributed by atoms with Crippen molar-refractivity contribution in [3.8, 4) is 23.7 Å². The number of hydrogen-bond acceptors (Lipinski definition) is 0. The molecule has 0 saturated heterocycles. The summed E-state index contributed by atoms with van der Waals surface area (Å²) in [6.45, 7) is 2.21. The van der Waals surface area contributed by atoms with Gasteiger partial charge in [0, 0.05) is 6.42 Å². The normalized spacial score (nSPS) is 7.83. The summed E-state index contributed by atoms with van der Waals surface area (Å²) in [7, 11) is 0. The Morgan fingerprint density at radius 3 is 2.42 bits per heavy atom. The van der Waals surface area contributed by atoms with Gasteiger partial charge in [0.15, 0.2) is 0 Å². The lowest BCUT2D eigenvalue weighted by Gasteiger charge is -1.87. The van der Waals surface area contributed by atoms with E-state index in [1.54, 1.807) is 0 Å². The Kier molecular flexibility index (Phi) is 10.7. The fraction of sp³-hybridized carbons (Fsp3) is 0.636. The molecule has 0 radical (unpaired) electrons. The van der Waals surface area contributed by atoms with Crippen LogP contribution in [0.1, 0.15) is 39.0 Å². The molecule has 0 N–H and O–H groups in total. The van der Waals surface area contributed by atoms with Crippen LogP contribution in [0.4, 0.5) is 0 Å². The van der Waals surface area contributed by atoms with Crippen molar-refractivity contribution in [2.75, 3.05) is 4.43 Å². The quantitative estimate of drug-likeness (QED) is 0.320. The number of hydrogen-bond donors (Lipinski definition) is 0. The molecule has 0 amide bonds. The predicted octanol–water partition coefficient (Wildman–Crippen LogP) is 3.40. The van der Waals surface area contributed by atoms with E-state index in [4.69, 9.17) is 0 Å². The van der Waals surface area contributed by atoms with Crippen LogP contribution in [0.15, 0.2) is 0 Å². The van der Waals surface area contributed by atoms with Crippen molar-refractivity contribution >= 4 is 22.6 Å². The van der Waals surface area contributed by atoms with Crippen molar-refractivity contribution in [1.29, 1.82) is 0 Å². The van der Waals surface area contributed by atoms with E-state index in [1.165, 1.54) is 19.3 Å². The molecular weight excluding hydrogens is 259 g/mol. The molecule has 0 aliphatic carbocycles. The van der Waals surface area contributed by atoms with Gasteiger partial charge in [-0.1, -0.05) is 60.1 Å². The van der Waals surface area contributed by atoms with Crippen LogP contribution >= 0.6 is 22.6 Å². The van der Waals surface area contributed by atoms with Gasteiger partial charge in [0.2, 0.25) is 0 Å². The van der Waals surface area contributed by atoms with E-state index in [1.807, 2.05) is 0 Å². The van der Waals surface area contributed by atoms with Crippen molar-refractivity contribution in [1.82, 2.24) is 0 Å². The van der Waals surface area contributed by atoms with Crippen molar-refractivity contribution in [3.05, 3.63) is 0 Å². The molecule has 0 aliphatic heterocycles. The maximum atomic E-state index is 3.12. The first-order valence-corrected chi connectivity index (χ1v) is 5.91. The fourth-order valence-corrected chi connectivity index (χ4v) is 1.04. The van der Waals surface area contributed by atoms with E-state index in [2.05, 4.69) is 53.2 Å². The second kappa shape index (κ2) is 10.8. The Balaban J connectivity index is 3.23. The molecule has 0 bridgehead atoms. The van der Waals surface area contributed by atoms with Crippen LogP contribution in [0, 0.1) is 23.7 Å². The highest BCUT2D eigenvalue weighted by atomic mass is 127. The van der Waals surface area contributed by atoms with Crippen LogP contribution in [0.3, 0.4) is 0 Å². The summed E-state index contributed by atoms with van der Waals surface area (Å²) in [5.74, 6) is 12.2. The molecule has 0 aromatic rings. The highest BCUT2D eigenvalue weighted by Gasteiger charge is 1.79. The zero-order chi connectivity index (χ0) is 9.07. The Bertz CT molecular complexity index is 197. The van der Waals surface area contributed by atoms with Gasteiger partial charge in [-0.2, -0.15) is 0 Å². The molecule has 0 heterocycles. The molecule has 0 rings (SSSR count). The van der Waals surface area contributed by atoms with Gasteiger partial charge in [-0.3, -0.25) is 0 Å². The first-order chi connectivity index (χ1) is 5.91. The van der Waals surface area contributed by atoms with Crippen LogP contribution in [-0.2, 0) is 0 Å². The highest BCUT2D eigenvalue weighted by Crippen LogP contribution is 1.96. The first kappa shape index (κ1) is 11.8. The summed E-state index contributed by atoms with van der Waals surface area (Å²) in [6.07, 6.45) is 5.60. The number of rotatable bonds is 3. The Morgan fingerprint density at radius 1 is 1.00 bits per heavy atom. The van der Waals surface area contributed by atoms with Crippen molar-refractivity contribution in [3.63, 3.8) is 0 Å². The molecule has 0 atom stereocenters. The molecule has 0 aromatic carbocycles. The molecule has 1 heteroatoms. The van der Waals surface area contributed by atoms with Crippen LogP contribution < -0.4 is 0 Å². The van der Waals surface area contributed by atoms with Crippen molar-refractivity contribution in [2.24, 2.45) is 0 Å². The minimum Gasteiger partial charge on any atom is -0.102 e. The summed E-state index contributed by atoms with van der Waals surface area (Å²) >= 11 is 2.25. The second-order valence-electron chi connectivity index (χ2n) is 2.47. The fourth-order valence-electron chi connectivity index (χ4n) is 0.768. The summed E-state index contributed by atoms with van der Waals surface area (Å²) < 4.78 is 0.912. The molecule has 0 aliphatic rings. The molecule has 0 aromatic heterocycles. The topological polar surface area (TPSA) is 0 Å². The highest BCUT2D eigenvalue weighted by molar-refractivity contribution is 14.1. The van der Waals surface area contributed by atoms with E-state index in [-0.39, 0.29) is 0 Å². The Hall–Kier alpha value is -0.150. The maximum absolute atomic E-state index is 3.12. The predicted molar refractivity (Wildman–Crippen MR) is 63.2 cm³/mol. The average molecular weight is 274 g/mol. The molecule has 0 saturated carbocycles. The van der Waals surface area contributed by atoms with E-state index >= 15 is 0 Å². The molecule has 0 fully saturated rings. The molecule has 66 valence electrons. The number of unbranched alkanes of at least 4 members (excludes halogenated alkanes) is 3. The number of alkyl halides is 1. The van der Waals surface area contributed by atoms with Crippen molar-refractivity contribution < 1.29 is 0 Å². The van der Waals surface area contributed by atoms with E-state index < -0.39 is 0 Å². The van der Waals surface area contributed by atoms with Gasteiger partial charge in [0.25, 0.3) is 0 Å². The first-order valence-electron chi connectivity index (χ1n) is 4.39. The zero-order valence-corrected chi connectivity index (χ0v) is 9.78. The molecular formula is C11H15I. The van der Waals surface area contributed by atoms with E-state index in [0.29, 0.717) is 0 Å². The molecule has 12 heavy (non-hydrogen) atoms. The summed E-state index contributed by atoms with van der Waals surface area (Å²) in [4.78, 5) is 0.